The average Bonchev–Trinajstić information content (AvgIpc) is 2.99. The highest BCUT2D eigenvalue weighted by Crippen LogP contribution is 2.22. The fourth-order valence-electron chi connectivity index (χ4n) is 2.89. The number of fused-ring (bicyclic) bond motifs is 3. The number of rotatable bonds is 2. The molecule has 0 unspecified atom stereocenters. The average molecular weight is 312 g/mol. The molecule has 4 aromatic rings. The molecule has 0 amide bonds. The second kappa shape index (κ2) is 5.50. The number of hydrogen-bond acceptors (Lipinski definition) is 1. The molecule has 0 saturated carbocycles. The minimum atomic E-state index is 0. The van der Waals surface area contributed by atoms with Crippen molar-refractivity contribution in [2.45, 2.75) is 20.4 Å². The van der Waals surface area contributed by atoms with Crippen LogP contribution in [0.15, 0.2) is 54.7 Å². The molecular formula is C18H18ClN3. The summed E-state index contributed by atoms with van der Waals surface area (Å²) >= 11 is 0. The topological polar surface area (TPSA) is 22.2 Å². The number of hydrogen-bond donors (Lipinski definition) is 0. The molecule has 2 aromatic heterocycles. The maximum Gasteiger partial charge on any atom is 0.215 e. The summed E-state index contributed by atoms with van der Waals surface area (Å²) in [7, 11) is 0. The van der Waals surface area contributed by atoms with Gasteiger partial charge in [-0.15, -0.1) is 12.4 Å². The first kappa shape index (κ1) is 14.7. The third-order valence-electron chi connectivity index (χ3n) is 3.94. The lowest BCUT2D eigenvalue weighted by atomic mass is 10.1. The molecule has 0 fully saturated rings. The molecule has 0 N–H and O–H groups in total. The van der Waals surface area contributed by atoms with E-state index >= 15 is 0 Å². The summed E-state index contributed by atoms with van der Waals surface area (Å²) in [5, 5.41) is 0. The van der Waals surface area contributed by atoms with Gasteiger partial charge in [-0.25, -0.2) is 4.98 Å². The minimum absolute atomic E-state index is 0. The van der Waals surface area contributed by atoms with Gasteiger partial charge in [-0.2, -0.15) is 0 Å². The van der Waals surface area contributed by atoms with Gasteiger partial charge in [0.1, 0.15) is 0 Å². The first-order chi connectivity index (χ1) is 10.2. The van der Waals surface area contributed by atoms with Gasteiger partial charge in [-0.1, -0.05) is 42.0 Å². The zero-order valence-electron chi connectivity index (χ0n) is 12.7. The van der Waals surface area contributed by atoms with E-state index in [1.54, 1.807) is 0 Å². The summed E-state index contributed by atoms with van der Waals surface area (Å²) in [6.07, 6.45) is 2.10. The van der Waals surface area contributed by atoms with Crippen LogP contribution in [-0.2, 0) is 6.54 Å². The number of halogens is 1. The van der Waals surface area contributed by atoms with E-state index in [1.807, 2.05) is 6.92 Å². The Balaban J connectivity index is 0.00000144. The predicted molar refractivity (Wildman–Crippen MR) is 93.0 cm³/mol. The van der Waals surface area contributed by atoms with Gasteiger partial charge in [0.25, 0.3) is 0 Å². The molecule has 112 valence electrons. The van der Waals surface area contributed by atoms with E-state index in [9.17, 15) is 0 Å². The highest BCUT2D eigenvalue weighted by atomic mass is 35.5. The first-order valence-corrected chi connectivity index (χ1v) is 7.21. The van der Waals surface area contributed by atoms with E-state index in [-0.39, 0.29) is 12.4 Å². The number of benzene rings is 2. The summed E-state index contributed by atoms with van der Waals surface area (Å²) in [6, 6.07) is 17.2. The van der Waals surface area contributed by atoms with E-state index < -0.39 is 0 Å². The first-order valence-electron chi connectivity index (χ1n) is 7.21. The lowest BCUT2D eigenvalue weighted by molar-refractivity contribution is 0.844. The van der Waals surface area contributed by atoms with Crippen molar-refractivity contribution >= 4 is 29.2 Å². The van der Waals surface area contributed by atoms with Crippen LogP contribution in [0.25, 0.3) is 16.8 Å². The molecule has 3 nitrogen and oxygen atoms in total. The van der Waals surface area contributed by atoms with Crippen LogP contribution < -0.4 is 0 Å². The summed E-state index contributed by atoms with van der Waals surface area (Å²) < 4.78 is 4.46. The number of nitrogens with zero attached hydrogens (tertiary/aromatic N) is 3. The van der Waals surface area contributed by atoms with Crippen molar-refractivity contribution in [1.82, 2.24) is 14.0 Å². The fraction of sp³-hybridized carbons (Fsp3) is 0.167. The Morgan fingerprint density at radius 1 is 0.909 bits per heavy atom. The van der Waals surface area contributed by atoms with Crippen LogP contribution in [0.2, 0.25) is 0 Å². The van der Waals surface area contributed by atoms with Crippen LogP contribution in [0.4, 0.5) is 0 Å². The van der Waals surface area contributed by atoms with Crippen LogP contribution in [0.1, 0.15) is 16.8 Å². The maximum absolute atomic E-state index is 4.69. The molecular weight excluding hydrogens is 294 g/mol. The Labute approximate surface area is 135 Å². The summed E-state index contributed by atoms with van der Waals surface area (Å²) in [5.74, 6) is 1.01. The number of aryl methyl sites for hydroxylation is 2. The molecule has 4 heteroatoms. The molecule has 0 spiro atoms. The quantitative estimate of drug-likeness (QED) is 0.538. The van der Waals surface area contributed by atoms with Gasteiger partial charge in [0.05, 0.1) is 23.3 Å². The van der Waals surface area contributed by atoms with Gasteiger partial charge in [0, 0.05) is 6.20 Å². The van der Waals surface area contributed by atoms with Crippen molar-refractivity contribution in [3.8, 4) is 0 Å². The zero-order valence-corrected chi connectivity index (χ0v) is 13.5. The number of imidazole rings is 2. The number of aromatic nitrogens is 3. The van der Waals surface area contributed by atoms with Gasteiger partial charge >= 0.3 is 0 Å². The Kier molecular flexibility index (Phi) is 3.67. The van der Waals surface area contributed by atoms with E-state index in [0.29, 0.717) is 0 Å². The van der Waals surface area contributed by atoms with Crippen molar-refractivity contribution < 1.29 is 0 Å². The van der Waals surface area contributed by atoms with Crippen LogP contribution >= 0.6 is 12.4 Å². The number of para-hydroxylation sites is 2. The summed E-state index contributed by atoms with van der Waals surface area (Å²) in [4.78, 5) is 4.69. The van der Waals surface area contributed by atoms with Crippen molar-refractivity contribution in [2.24, 2.45) is 0 Å². The molecule has 0 radical (unpaired) electrons. The second-order valence-electron chi connectivity index (χ2n) is 5.61. The lowest BCUT2D eigenvalue weighted by Gasteiger charge is -2.06. The third kappa shape index (κ3) is 2.28. The minimum Gasteiger partial charge on any atom is -0.305 e. The molecule has 22 heavy (non-hydrogen) atoms. The van der Waals surface area contributed by atoms with E-state index in [4.69, 9.17) is 0 Å². The van der Waals surface area contributed by atoms with Crippen molar-refractivity contribution in [1.29, 1.82) is 0 Å². The molecule has 0 bridgehead atoms. The highest BCUT2D eigenvalue weighted by molar-refractivity contribution is 5.85. The SMILES string of the molecule is Cc1ccc(Cn2c3ccccc3n3cc(C)nc23)cc1.Cl. The monoisotopic (exact) mass is 311 g/mol. The van der Waals surface area contributed by atoms with Crippen LogP contribution in [0.5, 0.6) is 0 Å². The smallest absolute Gasteiger partial charge is 0.215 e. The van der Waals surface area contributed by atoms with E-state index in [0.717, 1.165) is 18.0 Å². The molecule has 2 heterocycles. The maximum atomic E-state index is 4.69. The van der Waals surface area contributed by atoms with Crippen LogP contribution in [0.3, 0.4) is 0 Å². The molecule has 0 aliphatic rings. The van der Waals surface area contributed by atoms with Gasteiger partial charge in [-0.3, -0.25) is 4.40 Å². The van der Waals surface area contributed by atoms with Crippen molar-refractivity contribution in [3.63, 3.8) is 0 Å². The highest BCUT2D eigenvalue weighted by Gasteiger charge is 2.12. The predicted octanol–water partition coefficient (Wildman–Crippen LogP) is 4.38. The Hall–Kier alpha value is -2.26. The summed E-state index contributed by atoms with van der Waals surface area (Å²) in [5.41, 5.74) is 6.07. The van der Waals surface area contributed by atoms with Crippen molar-refractivity contribution in [3.05, 3.63) is 71.5 Å². The van der Waals surface area contributed by atoms with Crippen molar-refractivity contribution in [2.75, 3.05) is 0 Å². The molecule has 0 aliphatic heterocycles. The van der Waals surface area contributed by atoms with E-state index in [1.165, 1.54) is 22.2 Å². The fourth-order valence-corrected chi connectivity index (χ4v) is 2.89. The van der Waals surface area contributed by atoms with Gasteiger partial charge in [-0.05, 0) is 31.5 Å². The Morgan fingerprint density at radius 3 is 2.32 bits per heavy atom. The second-order valence-corrected chi connectivity index (χ2v) is 5.61. The molecule has 0 saturated heterocycles. The van der Waals surface area contributed by atoms with Crippen LogP contribution in [-0.4, -0.2) is 14.0 Å². The molecule has 0 atom stereocenters. The molecule has 0 aliphatic carbocycles. The van der Waals surface area contributed by atoms with Gasteiger partial charge in [0.2, 0.25) is 5.78 Å². The molecule has 4 rings (SSSR count). The largest absolute Gasteiger partial charge is 0.305 e. The molecule has 2 aromatic carbocycles. The summed E-state index contributed by atoms with van der Waals surface area (Å²) in [6.45, 7) is 5.00. The lowest BCUT2D eigenvalue weighted by Crippen LogP contribution is -2.00. The normalized spacial score (nSPS) is 11.0. The van der Waals surface area contributed by atoms with Gasteiger partial charge in [0.15, 0.2) is 0 Å². The Bertz CT molecular complexity index is 932. The van der Waals surface area contributed by atoms with E-state index in [2.05, 4.69) is 75.6 Å². The third-order valence-corrected chi connectivity index (χ3v) is 3.94. The Morgan fingerprint density at radius 2 is 1.59 bits per heavy atom. The zero-order chi connectivity index (χ0) is 14.4. The standard InChI is InChI=1S/C18H17N3.ClH/c1-13-7-9-15(10-8-13)12-21-17-6-4-3-5-16(17)20-11-14(2)19-18(20)21;/h3-11H,12H2,1-2H3;1H. The van der Waals surface area contributed by atoms with Gasteiger partial charge < -0.3 is 4.57 Å². The van der Waals surface area contributed by atoms with Crippen LogP contribution in [0, 0.1) is 13.8 Å².